The van der Waals surface area contributed by atoms with Gasteiger partial charge in [0.1, 0.15) is 0 Å². The van der Waals surface area contributed by atoms with Gasteiger partial charge in [-0.1, -0.05) is 12.1 Å². The molecule has 2 aromatic rings. The zero-order valence-corrected chi connectivity index (χ0v) is 12.5. The summed E-state index contributed by atoms with van der Waals surface area (Å²) in [5.74, 6) is -0.0445. The molecule has 0 saturated heterocycles. The van der Waals surface area contributed by atoms with E-state index in [4.69, 9.17) is 4.74 Å². The maximum atomic E-state index is 13.7. The first-order valence-corrected chi connectivity index (χ1v) is 7.74. The quantitative estimate of drug-likeness (QED) is 0.788. The van der Waals surface area contributed by atoms with Gasteiger partial charge in [0, 0.05) is 23.2 Å². The largest absolute Gasteiger partial charge is 0.491 e. The lowest BCUT2D eigenvalue weighted by molar-refractivity contribution is 0.321. The van der Waals surface area contributed by atoms with Crippen LogP contribution in [0.5, 0.6) is 5.75 Å². The average molecular weight is 291 g/mol. The first-order chi connectivity index (χ1) is 9.72. The molecule has 0 aromatic heterocycles. The van der Waals surface area contributed by atoms with Crippen molar-refractivity contribution >= 4 is 17.4 Å². The Bertz CT molecular complexity index is 557. The fourth-order valence-electron chi connectivity index (χ4n) is 1.83. The second-order valence-corrected chi connectivity index (χ2v) is 5.16. The van der Waals surface area contributed by atoms with E-state index in [1.807, 2.05) is 13.0 Å². The summed E-state index contributed by atoms with van der Waals surface area (Å²) in [4.78, 5) is 1.24. The number of anilines is 1. The summed E-state index contributed by atoms with van der Waals surface area (Å²) in [6.45, 7) is 2.97. The van der Waals surface area contributed by atoms with E-state index in [0.717, 1.165) is 11.3 Å². The molecule has 0 aliphatic heterocycles. The minimum Gasteiger partial charge on any atom is -0.491 e. The monoisotopic (exact) mass is 291 g/mol. The van der Waals surface area contributed by atoms with E-state index in [-0.39, 0.29) is 5.82 Å². The minimum absolute atomic E-state index is 0.294. The highest BCUT2D eigenvalue weighted by atomic mass is 32.2. The molecule has 0 atom stereocenters. The van der Waals surface area contributed by atoms with Crippen LogP contribution in [-0.4, -0.2) is 12.9 Å². The number of hydrogen-bond acceptors (Lipinski definition) is 3. The molecular formula is C16H18FNOS. The van der Waals surface area contributed by atoms with Crippen molar-refractivity contribution < 1.29 is 9.13 Å². The van der Waals surface area contributed by atoms with Gasteiger partial charge in [-0.05, 0) is 43.0 Å². The van der Waals surface area contributed by atoms with E-state index in [0.29, 0.717) is 18.9 Å². The third-order valence-corrected chi connectivity index (χ3v) is 3.63. The highest BCUT2D eigenvalue weighted by molar-refractivity contribution is 7.98. The molecule has 2 rings (SSSR count). The molecule has 2 nitrogen and oxygen atoms in total. The molecule has 2 aromatic carbocycles. The van der Waals surface area contributed by atoms with Gasteiger partial charge in [0.15, 0.2) is 11.6 Å². The van der Waals surface area contributed by atoms with Crippen molar-refractivity contribution in [3.05, 3.63) is 53.8 Å². The number of rotatable bonds is 6. The van der Waals surface area contributed by atoms with Crippen LogP contribution in [0.2, 0.25) is 0 Å². The van der Waals surface area contributed by atoms with Crippen LogP contribution in [0.1, 0.15) is 12.5 Å². The first-order valence-electron chi connectivity index (χ1n) is 6.52. The third-order valence-electron chi connectivity index (χ3n) is 2.89. The molecule has 0 heterocycles. The Morgan fingerprint density at radius 2 is 1.90 bits per heavy atom. The maximum absolute atomic E-state index is 13.7. The molecule has 0 bridgehead atoms. The van der Waals surface area contributed by atoms with Crippen molar-refractivity contribution in [2.24, 2.45) is 0 Å². The summed E-state index contributed by atoms with van der Waals surface area (Å²) in [6.07, 6.45) is 2.05. The van der Waals surface area contributed by atoms with Crippen molar-refractivity contribution in [3.63, 3.8) is 0 Å². The molecular weight excluding hydrogens is 273 g/mol. The molecule has 4 heteroatoms. The molecule has 0 radical (unpaired) electrons. The van der Waals surface area contributed by atoms with Crippen molar-refractivity contribution in [2.45, 2.75) is 18.4 Å². The highest BCUT2D eigenvalue weighted by Gasteiger charge is 2.04. The predicted molar refractivity (Wildman–Crippen MR) is 83.1 cm³/mol. The molecule has 106 valence electrons. The fraction of sp³-hybridized carbons (Fsp3) is 0.250. The lowest BCUT2D eigenvalue weighted by atomic mass is 10.2. The molecule has 1 N–H and O–H groups in total. The molecule has 0 unspecified atom stereocenters. The van der Waals surface area contributed by atoms with Crippen molar-refractivity contribution in [2.75, 3.05) is 18.2 Å². The maximum Gasteiger partial charge on any atom is 0.167 e. The van der Waals surface area contributed by atoms with Crippen LogP contribution < -0.4 is 10.1 Å². The minimum atomic E-state index is -0.338. The Morgan fingerprint density at radius 1 is 1.15 bits per heavy atom. The highest BCUT2D eigenvalue weighted by Crippen LogP contribution is 2.22. The van der Waals surface area contributed by atoms with Gasteiger partial charge < -0.3 is 10.1 Å². The van der Waals surface area contributed by atoms with Gasteiger partial charge in [0.2, 0.25) is 0 Å². The van der Waals surface area contributed by atoms with Gasteiger partial charge in [-0.2, -0.15) is 0 Å². The molecule has 0 aliphatic carbocycles. The second-order valence-electron chi connectivity index (χ2n) is 4.28. The Kier molecular flexibility index (Phi) is 5.30. The number of thioether (sulfide) groups is 1. The molecule has 0 amide bonds. The van der Waals surface area contributed by atoms with Crippen molar-refractivity contribution in [1.29, 1.82) is 0 Å². The average Bonchev–Trinajstić information content (AvgIpc) is 2.48. The van der Waals surface area contributed by atoms with Crippen LogP contribution in [-0.2, 0) is 6.54 Å². The smallest absolute Gasteiger partial charge is 0.167 e. The number of nitrogens with one attached hydrogen (secondary N) is 1. The number of hydrogen-bond donors (Lipinski definition) is 1. The van der Waals surface area contributed by atoms with E-state index in [9.17, 15) is 4.39 Å². The fourth-order valence-corrected chi connectivity index (χ4v) is 2.24. The van der Waals surface area contributed by atoms with E-state index in [1.165, 1.54) is 11.0 Å². The Labute approximate surface area is 123 Å². The zero-order valence-electron chi connectivity index (χ0n) is 11.7. The molecule has 0 saturated carbocycles. The summed E-state index contributed by atoms with van der Waals surface area (Å²) < 4.78 is 18.9. The van der Waals surface area contributed by atoms with Crippen molar-refractivity contribution in [1.82, 2.24) is 0 Å². The Hall–Kier alpha value is -1.68. The van der Waals surface area contributed by atoms with Gasteiger partial charge in [-0.25, -0.2) is 4.39 Å². The van der Waals surface area contributed by atoms with E-state index in [2.05, 4.69) is 35.8 Å². The Morgan fingerprint density at radius 3 is 2.50 bits per heavy atom. The predicted octanol–water partition coefficient (Wildman–Crippen LogP) is 4.56. The molecule has 20 heavy (non-hydrogen) atoms. The zero-order chi connectivity index (χ0) is 14.4. The number of halogens is 1. The SMILES string of the molecule is CCOc1ccc(NCc2ccc(SC)cc2)cc1F. The first kappa shape index (κ1) is 14.7. The molecule has 0 spiro atoms. The standard InChI is InChI=1S/C16H18FNOS/c1-3-19-16-9-6-13(10-15(16)17)18-11-12-4-7-14(20-2)8-5-12/h4-10,18H,3,11H2,1-2H3. The van der Waals surface area contributed by atoms with Gasteiger partial charge in [0.25, 0.3) is 0 Å². The van der Waals surface area contributed by atoms with E-state index < -0.39 is 0 Å². The van der Waals surface area contributed by atoms with E-state index >= 15 is 0 Å². The topological polar surface area (TPSA) is 21.3 Å². The van der Waals surface area contributed by atoms with Gasteiger partial charge in [-0.15, -0.1) is 11.8 Å². The van der Waals surface area contributed by atoms with Gasteiger partial charge in [-0.3, -0.25) is 0 Å². The normalized spacial score (nSPS) is 10.3. The number of ether oxygens (including phenoxy) is 1. The summed E-state index contributed by atoms with van der Waals surface area (Å²) >= 11 is 1.72. The summed E-state index contributed by atoms with van der Waals surface area (Å²) in [6, 6.07) is 13.2. The van der Waals surface area contributed by atoms with Gasteiger partial charge in [0.05, 0.1) is 6.61 Å². The van der Waals surface area contributed by atoms with Crippen LogP contribution in [0.15, 0.2) is 47.4 Å². The third kappa shape index (κ3) is 3.90. The second kappa shape index (κ2) is 7.20. The molecule has 0 aliphatic rings. The lowest BCUT2D eigenvalue weighted by Gasteiger charge is -2.09. The van der Waals surface area contributed by atoms with Crippen LogP contribution in [0.3, 0.4) is 0 Å². The molecule has 0 fully saturated rings. The van der Waals surface area contributed by atoms with Gasteiger partial charge >= 0.3 is 0 Å². The van der Waals surface area contributed by atoms with Crippen LogP contribution >= 0.6 is 11.8 Å². The summed E-state index contributed by atoms with van der Waals surface area (Å²) in [5, 5.41) is 3.21. The van der Waals surface area contributed by atoms with Crippen LogP contribution in [0.4, 0.5) is 10.1 Å². The summed E-state index contributed by atoms with van der Waals surface area (Å²) in [7, 11) is 0. The Balaban J connectivity index is 1.97. The van der Waals surface area contributed by atoms with Crippen LogP contribution in [0.25, 0.3) is 0 Å². The lowest BCUT2D eigenvalue weighted by Crippen LogP contribution is -2.01. The summed E-state index contributed by atoms with van der Waals surface area (Å²) in [5.41, 5.74) is 1.91. The van der Waals surface area contributed by atoms with E-state index in [1.54, 1.807) is 17.8 Å². The van der Waals surface area contributed by atoms with Crippen molar-refractivity contribution in [3.8, 4) is 5.75 Å². The van der Waals surface area contributed by atoms with Crippen LogP contribution in [0, 0.1) is 5.82 Å². The number of benzene rings is 2.